The molecule has 0 heterocycles. The van der Waals surface area contributed by atoms with Crippen LogP contribution in [0.3, 0.4) is 0 Å². The summed E-state index contributed by atoms with van der Waals surface area (Å²) < 4.78 is 0. The van der Waals surface area contributed by atoms with Crippen LogP contribution in [0.5, 0.6) is 0 Å². The zero-order valence-electron chi connectivity index (χ0n) is 17.0. The zero-order chi connectivity index (χ0) is 20.2. The number of nitrogens with one attached hydrogen (secondary N) is 3. The lowest BCUT2D eigenvalue weighted by Crippen LogP contribution is -2.36. The second kappa shape index (κ2) is 11.8. The Kier molecular flexibility index (Phi) is 9.01. The Morgan fingerprint density at radius 1 is 0.964 bits per heavy atom. The highest BCUT2D eigenvalue weighted by atomic mass is 16.1. The summed E-state index contributed by atoms with van der Waals surface area (Å²) in [6.45, 7) is 5.48. The molecular formula is C22H31N5O. The summed E-state index contributed by atoms with van der Waals surface area (Å²) >= 11 is 0. The first kappa shape index (κ1) is 21.4. The number of carbonyl (C=O) groups is 1. The van der Waals surface area contributed by atoms with Gasteiger partial charge >= 0.3 is 0 Å². The third kappa shape index (κ3) is 7.80. The summed E-state index contributed by atoms with van der Waals surface area (Å²) in [5.74, 6) is 0.703. The van der Waals surface area contributed by atoms with Crippen LogP contribution < -0.4 is 16.0 Å². The average Bonchev–Trinajstić information content (AvgIpc) is 2.70. The second-order valence-corrected chi connectivity index (χ2v) is 6.79. The maximum Gasteiger partial charge on any atom is 0.251 e. The number of nitrogens with zero attached hydrogens (tertiary/aromatic N) is 2. The fraction of sp³-hybridized carbons (Fsp3) is 0.364. The van der Waals surface area contributed by atoms with Crippen molar-refractivity contribution in [2.24, 2.45) is 4.99 Å². The molecule has 6 nitrogen and oxygen atoms in total. The first-order valence-corrected chi connectivity index (χ1v) is 9.66. The van der Waals surface area contributed by atoms with Gasteiger partial charge in [-0.25, -0.2) is 4.99 Å². The van der Waals surface area contributed by atoms with Crippen LogP contribution in [-0.4, -0.2) is 50.5 Å². The van der Waals surface area contributed by atoms with Crippen LogP contribution in [0.25, 0.3) is 0 Å². The molecule has 0 aliphatic rings. The average molecular weight is 382 g/mol. The molecule has 28 heavy (non-hydrogen) atoms. The molecule has 0 saturated heterocycles. The Labute approximate surface area is 168 Å². The quantitative estimate of drug-likeness (QED) is 0.460. The normalized spacial score (nSPS) is 11.4. The first-order valence-electron chi connectivity index (χ1n) is 9.66. The van der Waals surface area contributed by atoms with Crippen molar-refractivity contribution in [3.63, 3.8) is 0 Å². The Hall–Kier alpha value is -2.86. The molecule has 150 valence electrons. The molecule has 1 amide bonds. The topological polar surface area (TPSA) is 68.8 Å². The molecule has 6 heteroatoms. The number of likely N-dealkylation sites (N-methyl/N-ethyl adjacent to an activating group) is 1. The van der Waals surface area contributed by atoms with Crippen molar-refractivity contribution in [3.05, 3.63) is 71.3 Å². The Morgan fingerprint density at radius 2 is 1.71 bits per heavy atom. The summed E-state index contributed by atoms with van der Waals surface area (Å²) in [5, 5.41) is 9.53. The van der Waals surface area contributed by atoms with E-state index in [2.05, 4.69) is 33.1 Å². The molecule has 0 spiro atoms. The van der Waals surface area contributed by atoms with Crippen LogP contribution in [0, 0.1) is 0 Å². The summed E-state index contributed by atoms with van der Waals surface area (Å²) in [4.78, 5) is 19.0. The van der Waals surface area contributed by atoms with Crippen LogP contribution in [0.15, 0.2) is 59.6 Å². The van der Waals surface area contributed by atoms with E-state index in [1.54, 1.807) is 0 Å². The smallest absolute Gasteiger partial charge is 0.251 e. The molecule has 0 saturated carbocycles. The summed E-state index contributed by atoms with van der Waals surface area (Å²) in [6.07, 6.45) is 0. The number of guanidine groups is 1. The van der Waals surface area contributed by atoms with Crippen molar-refractivity contribution in [1.82, 2.24) is 20.9 Å². The van der Waals surface area contributed by atoms with Gasteiger partial charge in [0.05, 0.1) is 6.54 Å². The highest BCUT2D eigenvalue weighted by molar-refractivity contribution is 5.94. The molecule has 2 rings (SSSR count). The molecule has 0 radical (unpaired) electrons. The van der Waals surface area contributed by atoms with Crippen molar-refractivity contribution >= 4 is 11.9 Å². The van der Waals surface area contributed by atoms with Gasteiger partial charge in [0.1, 0.15) is 0 Å². The van der Waals surface area contributed by atoms with Gasteiger partial charge in [-0.05, 0) is 44.3 Å². The number of hydrogen-bond donors (Lipinski definition) is 3. The largest absolute Gasteiger partial charge is 0.357 e. The maximum absolute atomic E-state index is 12.3. The molecule has 0 fully saturated rings. The Balaban J connectivity index is 1.94. The summed E-state index contributed by atoms with van der Waals surface area (Å²) in [7, 11) is 3.97. The van der Waals surface area contributed by atoms with E-state index >= 15 is 0 Å². The standard InChI is InChI=1S/C22H31N5O/c1-4-23-22(25-16-18-9-6-5-7-10-18)26-17-19-11-8-12-20(15-19)21(28)24-13-14-27(2)3/h5-12,15H,4,13-14,16-17H2,1-3H3,(H,24,28)(H2,23,25,26). The first-order chi connectivity index (χ1) is 13.6. The van der Waals surface area contributed by atoms with Crippen LogP contribution in [0.4, 0.5) is 0 Å². The van der Waals surface area contributed by atoms with E-state index in [1.165, 1.54) is 5.56 Å². The van der Waals surface area contributed by atoms with E-state index in [0.717, 1.165) is 24.6 Å². The van der Waals surface area contributed by atoms with Gasteiger partial charge in [0, 0.05) is 31.7 Å². The van der Waals surface area contributed by atoms with Gasteiger partial charge in [0.25, 0.3) is 5.91 Å². The number of hydrogen-bond acceptors (Lipinski definition) is 3. The summed E-state index contributed by atoms with van der Waals surface area (Å²) in [6, 6.07) is 17.8. The number of rotatable bonds is 9. The van der Waals surface area contributed by atoms with Crippen molar-refractivity contribution in [2.75, 3.05) is 33.7 Å². The van der Waals surface area contributed by atoms with Crippen LogP contribution in [-0.2, 0) is 13.1 Å². The highest BCUT2D eigenvalue weighted by Crippen LogP contribution is 2.07. The third-order valence-electron chi connectivity index (χ3n) is 4.10. The molecule has 3 N–H and O–H groups in total. The lowest BCUT2D eigenvalue weighted by Gasteiger charge is -2.12. The molecule has 2 aromatic rings. The molecule has 0 unspecified atom stereocenters. The lowest BCUT2D eigenvalue weighted by molar-refractivity contribution is 0.0951. The van der Waals surface area contributed by atoms with Crippen LogP contribution in [0.1, 0.15) is 28.4 Å². The minimum Gasteiger partial charge on any atom is -0.357 e. The number of amides is 1. The molecule has 0 bridgehead atoms. The fourth-order valence-corrected chi connectivity index (χ4v) is 2.60. The zero-order valence-corrected chi connectivity index (χ0v) is 17.0. The van der Waals surface area contributed by atoms with E-state index in [0.29, 0.717) is 25.2 Å². The number of carbonyl (C=O) groups excluding carboxylic acids is 1. The van der Waals surface area contributed by atoms with Gasteiger partial charge in [0.2, 0.25) is 0 Å². The molecule has 0 aliphatic carbocycles. The van der Waals surface area contributed by atoms with E-state index in [4.69, 9.17) is 0 Å². The van der Waals surface area contributed by atoms with Crippen molar-refractivity contribution in [2.45, 2.75) is 20.0 Å². The van der Waals surface area contributed by atoms with Crippen LogP contribution in [0.2, 0.25) is 0 Å². The Morgan fingerprint density at radius 3 is 2.43 bits per heavy atom. The van der Waals surface area contributed by atoms with Crippen molar-refractivity contribution in [3.8, 4) is 0 Å². The lowest BCUT2D eigenvalue weighted by atomic mass is 10.1. The van der Waals surface area contributed by atoms with Gasteiger partial charge in [-0.3, -0.25) is 4.79 Å². The van der Waals surface area contributed by atoms with Gasteiger partial charge in [-0.1, -0.05) is 42.5 Å². The van der Waals surface area contributed by atoms with Crippen molar-refractivity contribution < 1.29 is 4.79 Å². The highest BCUT2D eigenvalue weighted by Gasteiger charge is 2.06. The second-order valence-electron chi connectivity index (χ2n) is 6.79. The maximum atomic E-state index is 12.3. The van der Waals surface area contributed by atoms with Gasteiger partial charge in [0.15, 0.2) is 5.96 Å². The van der Waals surface area contributed by atoms with Crippen LogP contribution >= 0.6 is 0 Å². The minimum atomic E-state index is -0.0539. The predicted octanol–water partition coefficient (Wildman–Crippen LogP) is 2.23. The van der Waals surface area contributed by atoms with E-state index in [-0.39, 0.29) is 5.91 Å². The van der Waals surface area contributed by atoms with Crippen molar-refractivity contribution in [1.29, 1.82) is 0 Å². The molecule has 0 aliphatic heterocycles. The third-order valence-corrected chi connectivity index (χ3v) is 4.10. The predicted molar refractivity (Wildman–Crippen MR) is 115 cm³/mol. The van der Waals surface area contributed by atoms with Gasteiger partial charge in [-0.15, -0.1) is 0 Å². The molecule has 0 atom stereocenters. The molecule has 0 aromatic heterocycles. The van der Waals surface area contributed by atoms with Gasteiger partial charge in [-0.2, -0.15) is 0 Å². The molecular weight excluding hydrogens is 350 g/mol. The summed E-state index contributed by atoms with van der Waals surface area (Å²) in [5.41, 5.74) is 2.86. The minimum absolute atomic E-state index is 0.0539. The van der Waals surface area contributed by atoms with E-state index < -0.39 is 0 Å². The fourth-order valence-electron chi connectivity index (χ4n) is 2.60. The van der Waals surface area contributed by atoms with E-state index in [1.807, 2.05) is 68.4 Å². The monoisotopic (exact) mass is 381 g/mol. The van der Waals surface area contributed by atoms with Gasteiger partial charge < -0.3 is 20.9 Å². The number of aliphatic imine (C=N–C) groups is 1. The number of benzene rings is 2. The Bertz CT molecular complexity index is 759. The van der Waals surface area contributed by atoms with E-state index in [9.17, 15) is 4.79 Å². The molecule has 2 aromatic carbocycles. The SMILES string of the molecule is CCNC(=NCc1cccc(C(=O)NCCN(C)C)c1)NCc1ccccc1.